The van der Waals surface area contributed by atoms with E-state index in [1.807, 2.05) is 12.1 Å². The maximum absolute atomic E-state index is 12.6. The van der Waals surface area contributed by atoms with E-state index in [1.165, 1.54) is 6.92 Å². The molecule has 0 saturated heterocycles. The van der Waals surface area contributed by atoms with Crippen LogP contribution >= 0.6 is 11.6 Å². The van der Waals surface area contributed by atoms with Crippen molar-refractivity contribution in [3.05, 3.63) is 63.7 Å². The summed E-state index contributed by atoms with van der Waals surface area (Å²) in [5.74, 6) is -0.298. The first-order valence-electron chi connectivity index (χ1n) is 7.35. The van der Waals surface area contributed by atoms with Gasteiger partial charge in [-0.1, -0.05) is 17.7 Å². The zero-order valence-electron chi connectivity index (χ0n) is 12.7. The fourth-order valence-corrected chi connectivity index (χ4v) is 3.20. The van der Waals surface area contributed by atoms with E-state index in [0.717, 1.165) is 10.9 Å². The number of ketones is 1. The van der Waals surface area contributed by atoms with E-state index in [1.54, 1.807) is 30.6 Å². The number of fused-ring (bicyclic) bond motifs is 3. The van der Waals surface area contributed by atoms with Gasteiger partial charge < -0.3 is 9.97 Å². The summed E-state index contributed by atoms with van der Waals surface area (Å²) < 4.78 is 0. The van der Waals surface area contributed by atoms with Crippen molar-refractivity contribution in [2.45, 2.75) is 6.92 Å². The Morgan fingerprint density at radius 2 is 2.00 bits per heavy atom. The Morgan fingerprint density at radius 1 is 1.17 bits per heavy atom. The van der Waals surface area contributed by atoms with Crippen LogP contribution in [0.4, 0.5) is 0 Å². The van der Waals surface area contributed by atoms with Gasteiger partial charge in [0.05, 0.1) is 16.6 Å². The van der Waals surface area contributed by atoms with Crippen molar-refractivity contribution in [2.75, 3.05) is 0 Å². The van der Waals surface area contributed by atoms with E-state index in [0.29, 0.717) is 27.2 Å². The van der Waals surface area contributed by atoms with Crippen LogP contribution in [0.15, 0.2) is 47.5 Å². The molecule has 0 bridgehead atoms. The van der Waals surface area contributed by atoms with Gasteiger partial charge in [0.25, 0.3) is 5.56 Å². The second-order valence-electron chi connectivity index (χ2n) is 5.57. The highest BCUT2D eigenvalue weighted by atomic mass is 35.5. The molecule has 0 saturated carbocycles. The smallest absolute Gasteiger partial charge is 0.260 e. The molecule has 3 heterocycles. The summed E-state index contributed by atoms with van der Waals surface area (Å²) in [6.45, 7) is 1.38. The zero-order valence-corrected chi connectivity index (χ0v) is 13.4. The topological polar surface area (TPSA) is 78.6 Å². The number of nitrogens with one attached hydrogen (secondary N) is 2. The van der Waals surface area contributed by atoms with Crippen LogP contribution in [-0.4, -0.2) is 20.7 Å². The van der Waals surface area contributed by atoms with E-state index >= 15 is 0 Å². The van der Waals surface area contributed by atoms with Gasteiger partial charge in [-0.15, -0.1) is 0 Å². The Labute approximate surface area is 141 Å². The highest BCUT2D eigenvalue weighted by Crippen LogP contribution is 2.33. The van der Waals surface area contributed by atoms with E-state index in [4.69, 9.17) is 11.6 Å². The van der Waals surface area contributed by atoms with E-state index in [2.05, 4.69) is 15.0 Å². The summed E-state index contributed by atoms with van der Waals surface area (Å²) in [6.07, 6.45) is 3.28. The summed E-state index contributed by atoms with van der Waals surface area (Å²) in [4.78, 5) is 34.9. The molecule has 1 aromatic carbocycles. The van der Waals surface area contributed by atoms with Gasteiger partial charge in [0.1, 0.15) is 0 Å². The molecule has 6 heteroatoms. The summed E-state index contributed by atoms with van der Waals surface area (Å²) in [5, 5.41) is 1.37. The Hall–Kier alpha value is -2.92. The number of halogens is 1. The van der Waals surface area contributed by atoms with Gasteiger partial charge >= 0.3 is 0 Å². The van der Waals surface area contributed by atoms with Crippen molar-refractivity contribution >= 4 is 39.3 Å². The molecular formula is C18H12ClN3O2. The predicted octanol–water partition coefficient (Wildman–Crippen LogP) is 3.93. The van der Waals surface area contributed by atoms with Crippen LogP contribution in [-0.2, 0) is 0 Å². The normalized spacial score (nSPS) is 11.2. The Balaban J connectivity index is 2.25. The Bertz CT molecular complexity index is 1160. The lowest BCUT2D eigenvalue weighted by Gasteiger charge is -2.08. The molecule has 24 heavy (non-hydrogen) atoms. The van der Waals surface area contributed by atoms with Gasteiger partial charge in [-0.2, -0.15) is 0 Å². The maximum Gasteiger partial charge on any atom is 0.260 e. The van der Waals surface area contributed by atoms with Crippen LogP contribution in [0.3, 0.4) is 0 Å². The van der Waals surface area contributed by atoms with Crippen molar-refractivity contribution in [1.82, 2.24) is 15.0 Å². The number of nitrogens with zero attached hydrogens (tertiary/aromatic N) is 1. The second kappa shape index (κ2) is 5.32. The molecule has 0 radical (unpaired) electrons. The van der Waals surface area contributed by atoms with Gasteiger partial charge in [-0.3, -0.25) is 14.6 Å². The molecule has 0 amide bonds. The highest BCUT2D eigenvalue weighted by Gasteiger charge is 2.20. The molecule has 2 N–H and O–H groups in total. The lowest BCUT2D eigenvalue weighted by molar-refractivity contribution is 0.101. The predicted molar refractivity (Wildman–Crippen MR) is 94.7 cm³/mol. The van der Waals surface area contributed by atoms with Crippen molar-refractivity contribution in [1.29, 1.82) is 0 Å². The van der Waals surface area contributed by atoms with Crippen molar-refractivity contribution in [3.8, 4) is 11.1 Å². The summed E-state index contributed by atoms with van der Waals surface area (Å²) in [5.41, 5.74) is 3.10. The van der Waals surface area contributed by atoms with Gasteiger partial charge in [0.2, 0.25) is 0 Å². The minimum atomic E-state index is -0.422. The van der Waals surface area contributed by atoms with Crippen LogP contribution in [0.1, 0.15) is 17.3 Å². The molecule has 0 fully saturated rings. The van der Waals surface area contributed by atoms with Crippen LogP contribution < -0.4 is 5.56 Å². The minimum absolute atomic E-state index is 0.119. The van der Waals surface area contributed by atoms with Crippen LogP contribution in [0, 0.1) is 0 Å². The fraction of sp³-hybridized carbons (Fsp3) is 0.0556. The Morgan fingerprint density at radius 3 is 2.71 bits per heavy atom. The lowest BCUT2D eigenvalue weighted by atomic mass is 9.98. The lowest BCUT2D eigenvalue weighted by Crippen LogP contribution is -2.17. The number of H-pyrrole nitrogens is 2. The zero-order chi connectivity index (χ0) is 16.8. The summed E-state index contributed by atoms with van der Waals surface area (Å²) in [7, 11) is 0. The second-order valence-corrected chi connectivity index (χ2v) is 6.00. The molecule has 0 aliphatic heterocycles. The monoisotopic (exact) mass is 337 g/mol. The molecule has 0 aliphatic rings. The average Bonchev–Trinajstić information content (AvgIpc) is 2.91. The number of aromatic amines is 2. The van der Waals surface area contributed by atoms with Crippen LogP contribution in [0.5, 0.6) is 0 Å². The molecule has 4 rings (SSSR count). The maximum atomic E-state index is 12.6. The largest absolute Gasteiger partial charge is 0.353 e. The van der Waals surface area contributed by atoms with Crippen molar-refractivity contribution in [3.63, 3.8) is 0 Å². The average molecular weight is 338 g/mol. The minimum Gasteiger partial charge on any atom is -0.353 e. The Kier molecular flexibility index (Phi) is 3.25. The molecule has 0 atom stereocenters. The first kappa shape index (κ1) is 14.7. The van der Waals surface area contributed by atoms with Gasteiger partial charge in [-0.25, -0.2) is 0 Å². The van der Waals surface area contributed by atoms with Gasteiger partial charge in [0.15, 0.2) is 5.78 Å². The molecule has 0 aliphatic carbocycles. The van der Waals surface area contributed by atoms with E-state index in [-0.39, 0.29) is 11.3 Å². The molecule has 0 spiro atoms. The first-order chi connectivity index (χ1) is 11.6. The fourth-order valence-electron chi connectivity index (χ4n) is 3.03. The van der Waals surface area contributed by atoms with Gasteiger partial charge in [-0.05, 0) is 31.2 Å². The number of hydrogen-bond acceptors (Lipinski definition) is 3. The van der Waals surface area contributed by atoms with Crippen LogP contribution in [0.25, 0.3) is 33.1 Å². The number of Topliss-reactive ketones (excluding diaryl/α,β-unsaturated/α-hetero) is 1. The quantitative estimate of drug-likeness (QED) is 0.544. The number of aromatic nitrogens is 3. The van der Waals surface area contributed by atoms with Crippen molar-refractivity contribution < 1.29 is 4.79 Å². The number of carbonyl (C=O) groups excluding carboxylic acids is 1. The number of carbonyl (C=O) groups is 1. The van der Waals surface area contributed by atoms with E-state index in [9.17, 15) is 9.59 Å². The number of pyridine rings is 2. The summed E-state index contributed by atoms with van der Waals surface area (Å²) in [6, 6.07) is 8.99. The first-order valence-corrected chi connectivity index (χ1v) is 7.72. The van der Waals surface area contributed by atoms with Gasteiger partial charge in [0, 0.05) is 39.4 Å². The molecule has 118 valence electrons. The molecule has 4 aromatic rings. The van der Waals surface area contributed by atoms with Crippen LogP contribution in [0.2, 0.25) is 5.02 Å². The van der Waals surface area contributed by atoms with Crippen molar-refractivity contribution in [2.24, 2.45) is 0 Å². The van der Waals surface area contributed by atoms with E-state index < -0.39 is 5.56 Å². The summed E-state index contributed by atoms with van der Waals surface area (Å²) >= 11 is 6.08. The number of hydrogen-bond donors (Lipinski definition) is 2. The third kappa shape index (κ3) is 2.13. The molecule has 3 aromatic heterocycles. The SMILES string of the molecule is CC(=O)c1c(-c2cccnc2)c2[nH]c3ccc(Cl)cc3c2[nH]c1=O. The molecule has 0 unspecified atom stereocenters. The standard InChI is InChI=1S/C18H12ClN3O2/c1-9(23)14-15(10-3-2-6-20-8-10)17-16(22-18(14)24)12-7-11(19)4-5-13(12)21-17/h2-8,21H,1H3,(H,22,24). The number of benzene rings is 1. The third-order valence-electron chi connectivity index (χ3n) is 4.03. The highest BCUT2D eigenvalue weighted by molar-refractivity contribution is 6.32. The third-order valence-corrected chi connectivity index (χ3v) is 4.26. The molecule has 5 nitrogen and oxygen atoms in total. The number of rotatable bonds is 2. The molecular weight excluding hydrogens is 326 g/mol.